The molecule has 3 nitrogen and oxygen atoms in total. The Bertz CT molecular complexity index is 68.8. The van der Waals surface area contributed by atoms with Crippen LogP contribution in [-0.2, 0) is 4.74 Å². The standard InChI is InChI=1S/C5H11NO2/c1-4(7)2-6-5-3-8-5/h4-7H,2-3H2,1H3. The van der Waals surface area contributed by atoms with E-state index in [0.29, 0.717) is 6.54 Å². The molecule has 0 aromatic rings. The second-order valence-electron chi connectivity index (χ2n) is 2.08. The molecule has 1 rings (SSSR count). The summed E-state index contributed by atoms with van der Waals surface area (Å²) in [5.74, 6) is 0. The van der Waals surface area contributed by atoms with Crippen LogP contribution in [0.3, 0.4) is 0 Å². The van der Waals surface area contributed by atoms with Gasteiger partial charge in [0.25, 0.3) is 0 Å². The molecule has 1 saturated heterocycles. The molecule has 48 valence electrons. The molecule has 0 bridgehead atoms. The van der Waals surface area contributed by atoms with Crippen LogP contribution in [0.25, 0.3) is 0 Å². The van der Waals surface area contributed by atoms with E-state index in [1.807, 2.05) is 0 Å². The smallest absolute Gasteiger partial charge is 0.132 e. The lowest BCUT2D eigenvalue weighted by Crippen LogP contribution is -2.26. The predicted molar refractivity (Wildman–Crippen MR) is 29.4 cm³/mol. The van der Waals surface area contributed by atoms with Crippen molar-refractivity contribution in [3.63, 3.8) is 0 Å². The Morgan fingerprint density at radius 2 is 2.62 bits per heavy atom. The summed E-state index contributed by atoms with van der Waals surface area (Å²) in [5, 5.41) is 11.7. The quantitative estimate of drug-likeness (QED) is 0.481. The third kappa shape index (κ3) is 2.26. The maximum Gasteiger partial charge on any atom is 0.132 e. The van der Waals surface area contributed by atoms with Crippen molar-refractivity contribution in [1.29, 1.82) is 0 Å². The maximum atomic E-state index is 8.71. The molecular weight excluding hydrogens is 106 g/mol. The van der Waals surface area contributed by atoms with Gasteiger partial charge in [0.15, 0.2) is 0 Å². The molecule has 1 aliphatic rings. The molecule has 1 heterocycles. The maximum absolute atomic E-state index is 8.71. The summed E-state index contributed by atoms with van der Waals surface area (Å²) in [7, 11) is 0. The van der Waals surface area contributed by atoms with Gasteiger partial charge in [-0.25, -0.2) is 0 Å². The average molecular weight is 117 g/mol. The lowest BCUT2D eigenvalue weighted by molar-refractivity contribution is 0.184. The molecule has 0 saturated carbocycles. The second kappa shape index (κ2) is 2.44. The van der Waals surface area contributed by atoms with Gasteiger partial charge in [0.05, 0.1) is 12.7 Å². The van der Waals surface area contributed by atoms with Crippen LogP contribution in [0.15, 0.2) is 0 Å². The normalized spacial score (nSPS) is 30.0. The fourth-order valence-corrected chi connectivity index (χ4v) is 0.468. The lowest BCUT2D eigenvalue weighted by Gasteiger charge is -2.01. The summed E-state index contributed by atoms with van der Waals surface area (Å²) in [4.78, 5) is 0. The SMILES string of the molecule is CC(O)CNC1CO1. The highest BCUT2D eigenvalue weighted by molar-refractivity contribution is 4.66. The van der Waals surface area contributed by atoms with Gasteiger partial charge in [-0.15, -0.1) is 0 Å². The topological polar surface area (TPSA) is 44.8 Å². The minimum Gasteiger partial charge on any atom is -0.392 e. The van der Waals surface area contributed by atoms with E-state index in [9.17, 15) is 0 Å². The highest BCUT2D eigenvalue weighted by Gasteiger charge is 2.21. The minimum absolute atomic E-state index is 0.226. The first-order chi connectivity index (χ1) is 3.79. The third-order valence-electron chi connectivity index (χ3n) is 0.974. The van der Waals surface area contributed by atoms with Gasteiger partial charge in [-0.05, 0) is 6.92 Å². The number of hydrogen-bond donors (Lipinski definition) is 2. The van der Waals surface area contributed by atoms with Gasteiger partial charge in [-0.3, -0.25) is 5.32 Å². The van der Waals surface area contributed by atoms with Crippen molar-refractivity contribution in [3.05, 3.63) is 0 Å². The number of ether oxygens (including phenoxy) is 1. The van der Waals surface area contributed by atoms with Crippen LogP contribution in [0, 0.1) is 0 Å². The van der Waals surface area contributed by atoms with Crippen LogP contribution in [0.5, 0.6) is 0 Å². The number of nitrogens with one attached hydrogen (secondary N) is 1. The molecular formula is C5H11NO2. The van der Waals surface area contributed by atoms with Crippen LogP contribution in [-0.4, -0.2) is 30.6 Å². The summed E-state index contributed by atoms with van der Waals surface area (Å²) in [5.41, 5.74) is 0. The number of hydrogen-bond acceptors (Lipinski definition) is 3. The molecule has 0 amide bonds. The van der Waals surface area contributed by atoms with Crippen LogP contribution < -0.4 is 5.32 Å². The Balaban J connectivity index is 1.87. The Morgan fingerprint density at radius 3 is 3.00 bits per heavy atom. The first-order valence-electron chi connectivity index (χ1n) is 2.82. The predicted octanol–water partition coefficient (Wildman–Crippen LogP) is -0.687. The number of epoxide rings is 1. The molecule has 0 radical (unpaired) electrons. The third-order valence-corrected chi connectivity index (χ3v) is 0.974. The molecule has 8 heavy (non-hydrogen) atoms. The van der Waals surface area contributed by atoms with Crippen LogP contribution >= 0.6 is 0 Å². The van der Waals surface area contributed by atoms with Crippen LogP contribution in [0.2, 0.25) is 0 Å². The van der Waals surface area contributed by atoms with Gasteiger partial charge < -0.3 is 9.84 Å². The first-order valence-corrected chi connectivity index (χ1v) is 2.82. The Hall–Kier alpha value is -0.120. The summed E-state index contributed by atoms with van der Waals surface area (Å²) in [6, 6.07) is 0. The molecule has 0 aliphatic carbocycles. The van der Waals surface area contributed by atoms with Crippen LogP contribution in [0.1, 0.15) is 6.92 Å². The molecule has 2 atom stereocenters. The molecule has 1 fully saturated rings. The molecule has 2 N–H and O–H groups in total. The Morgan fingerprint density at radius 1 is 2.00 bits per heavy atom. The highest BCUT2D eigenvalue weighted by atomic mass is 16.6. The molecule has 0 aromatic carbocycles. The van der Waals surface area contributed by atoms with E-state index in [1.165, 1.54) is 0 Å². The lowest BCUT2D eigenvalue weighted by atomic mass is 10.4. The largest absolute Gasteiger partial charge is 0.392 e. The zero-order chi connectivity index (χ0) is 5.98. The monoisotopic (exact) mass is 117 g/mol. The fraction of sp³-hybridized carbons (Fsp3) is 1.00. The van der Waals surface area contributed by atoms with E-state index in [-0.39, 0.29) is 12.3 Å². The molecule has 1 aliphatic heterocycles. The average Bonchev–Trinajstić information content (AvgIpc) is 2.41. The van der Waals surface area contributed by atoms with Gasteiger partial charge in [0.2, 0.25) is 0 Å². The Labute approximate surface area is 48.7 Å². The van der Waals surface area contributed by atoms with Crippen molar-refractivity contribution < 1.29 is 9.84 Å². The van der Waals surface area contributed by atoms with Crippen molar-refractivity contribution >= 4 is 0 Å². The van der Waals surface area contributed by atoms with Crippen molar-refractivity contribution in [2.45, 2.75) is 19.3 Å². The van der Waals surface area contributed by atoms with E-state index >= 15 is 0 Å². The second-order valence-corrected chi connectivity index (χ2v) is 2.08. The minimum atomic E-state index is -0.265. The summed E-state index contributed by atoms with van der Waals surface area (Å²) < 4.78 is 4.84. The zero-order valence-electron chi connectivity index (χ0n) is 4.92. The van der Waals surface area contributed by atoms with E-state index in [2.05, 4.69) is 5.32 Å². The van der Waals surface area contributed by atoms with Gasteiger partial charge in [-0.2, -0.15) is 0 Å². The van der Waals surface area contributed by atoms with Crippen molar-refractivity contribution in [3.8, 4) is 0 Å². The van der Waals surface area contributed by atoms with Crippen molar-refractivity contribution in [1.82, 2.24) is 5.32 Å². The first kappa shape index (κ1) is 6.01. The van der Waals surface area contributed by atoms with E-state index in [1.54, 1.807) is 6.92 Å². The van der Waals surface area contributed by atoms with Gasteiger partial charge in [-0.1, -0.05) is 0 Å². The molecule has 3 heteroatoms. The fourth-order valence-electron chi connectivity index (χ4n) is 0.468. The zero-order valence-corrected chi connectivity index (χ0v) is 4.92. The van der Waals surface area contributed by atoms with Gasteiger partial charge >= 0.3 is 0 Å². The number of rotatable bonds is 3. The number of aliphatic hydroxyl groups excluding tert-OH is 1. The molecule has 0 aromatic heterocycles. The van der Waals surface area contributed by atoms with Crippen molar-refractivity contribution in [2.24, 2.45) is 0 Å². The summed E-state index contributed by atoms with van der Waals surface area (Å²) in [6.07, 6.45) is -0.0381. The molecule has 2 unspecified atom stereocenters. The van der Waals surface area contributed by atoms with E-state index in [4.69, 9.17) is 9.84 Å². The van der Waals surface area contributed by atoms with Gasteiger partial charge in [0, 0.05) is 6.54 Å². The van der Waals surface area contributed by atoms with Gasteiger partial charge in [0.1, 0.15) is 6.23 Å². The highest BCUT2D eigenvalue weighted by Crippen LogP contribution is 2.02. The summed E-state index contributed by atoms with van der Waals surface area (Å²) in [6.45, 7) is 3.17. The van der Waals surface area contributed by atoms with Crippen molar-refractivity contribution in [2.75, 3.05) is 13.2 Å². The van der Waals surface area contributed by atoms with Crippen LogP contribution in [0.4, 0.5) is 0 Å². The van der Waals surface area contributed by atoms with E-state index in [0.717, 1.165) is 6.61 Å². The number of aliphatic hydroxyl groups is 1. The summed E-state index contributed by atoms with van der Waals surface area (Å²) >= 11 is 0. The van der Waals surface area contributed by atoms with E-state index < -0.39 is 0 Å². The molecule has 0 spiro atoms. The Kier molecular flexibility index (Phi) is 1.83.